The third-order valence-electron chi connectivity index (χ3n) is 2.87. The lowest BCUT2D eigenvalue weighted by atomic mass is 9.90. The first kappa shape index (κ1) is 12.0. The Labute approximate surface area is 106 Å². The van der Waals surface area contributed by atoms with E-state index in [2.05, 4.69) is 19.2 Å². The van der Waals surface area contributed by atoms with Gasteiger partial charge in [-0.1, -0.05) is 23.2 Å². The second kappa shape index (κ2) is 4.10. The summed E-state index contributed by atoms with van der Waals surface area (Å²) in [6.07, 6.45) is 0.872. The molecule has 1 aliphatic rings. The van der Waals surface area contributed by atoms with Gasteiger partial charge in [-0.2, -0.15) is 0 Å². The molecule has 2 rings (SSSR count). The first-order chi connectivity index (χ1) is 7.44. The minimum atomic E-state index is -0.227. The molecular weight excluding hydrogens is 245 g/mol. The third kappa shape index (κ3) is 2.02. The molecule has 0 aliphatic carbocycles. The molecule has 0 spiro atoms. The SMILES string of the molecule is CNC1CC(C)(C)Oc2c(Cl)ccc(Cl)c21. The fourth-order valence-corrected chi connectivity index (χ4v) is 2.62. The predicted octanol–water partition coefficient (Wildman–Crippen LogP) is 3.82. The lowest BCUT2D eigenvalue weighted by molar-refractivity contribution is 0.0677. The van der Waals surface area contributed by atoms with Crippen LogP contribution in [-0.2, 0) is 0 Å². The van der Waals surface area contributed by atoms with Gasteiger partial charge in [0.15, 0.2) is 0 Å². The lowest BCUT2D eigenvalue weighted by Gasteiger charge is -2.38. The van der Waals surface area contributed by atoms with Crippen LogP contribution in [0.3, 0.4) is 0 Å². The normalized spacial score (nSPS) is 22.4. The number of nitrogens with one attached hydrogen (secondary N) is 1. The number of hydrogen-bond acceptors (Lipinski definition) is 2. The number of hydrogen-bond donors (Lipinski definition) is 1. The van der Waals surface area contributed by atoms with Crippen molar-refractivity contribution in [3.05, 3.63) is 27.7 Å². The van der Waals surface area contributed by atoms with Gasteiger partial charge in [0.2, 0.25) is 0 Å². The fourth-order valence-electron chi connectivity index (χ4n) is 2.14. The molecule has 1 heterocycles. The molecule has 1 atom stereocenters. The van der Waals surface area contributed by atoms with Crippen molar-refractivity contribution in [1.29, 1.82) is 0 Å². The number of halogens is 2. The van der Waals surface area contributed by atoms with Crippen molar-refractivity contribution in [2.75, 3.05) is 7.05 Å². The highest BCUT2D eigenvalue weighted by atomic mass is 35.5. The highest BCUT2D eigenvalue weighted by Crippen LogP contribution is 2.46. The van der Waals surface area contributed by atoms with Gasteiger partial charge in [0, 0.05) is 23.0 Å². The average molecular weight is 260 g/mol. The van der Waals surface area contributed by atoms with Crippen LogP contribution in [0.5, 0.6) is 5.75 Å². The zero-order valence-corrected chi connectivity index (χ0v) is 11.1. The number of rotatable bonds is 1. The van der Waals surface area contributed by atoms with Crippen LogP contribution in [0.4, 0.5) is 0 Å². The Morgan fingerprint density at radius 3 is 2.56 bits per heavy atom. The highest BCUT2D eigenvalue weighted by Gasteiger charge is 2.35. The summed E-state index contributed by atoms with van der Waals surface area (Å²) in [5, 5.41) is 4.58. The van der Waals surface area contributed by atoms with Gasteiger partial charge in [-0.15, -0.1) is 0 Å². The Kier molecular flexibility index (Phi) is 3.08. The highest BCUT2D eigenvalue weighted by molar-refractivity contribution is 6.35. The zero-order valence-electron chi connectivity index (χ0n) is 9.60. The fraction of sp³-hybridized carbons (Fsp3) is 0.500. The van der Waals surface area contributed by atoms with Gasteiger partial charge in [0.1, 0.15) is 11.4 Å². The van der Waals surface area contributed by atoms with Crippen LogP contribution < -0.4 is 10.1 Å². The van der Waals surface area contributed by atoms with Crippen LogP contribution >= 0.6 is 23.2 Å². The molecule has 0 amide bonds. The second-order valence-electron chi connectivity index (χ2n) is 4.68. The van der Waals surface area contributed by atoms with E-state index in [9.17, 15) is 0 Å². The molecule has 1 aliphatic heterocycles. The van der Waals surface area contributed by atoms with Crippen molar-refractivity contribution in [3.8, 4) is 5.75 Å². The molecule has 0 fully saturated rings. The molecule has 16 heavy (non-hydrogen) atoms. The summed E-state index contributed by atoms with van der Waals surface area (Å²) in [5.74, 6) is 0.713. The second-order valence-corrected chi connectivity index (χ2v) is 5.49. The maximum absolute atomic E-state index is 6.20. The molecule has 1 aromatic rings. The maximum Gasteiger partial charge on any atom is 0.144 e. The van der Waals surface area contributed by atoms with Crippen LogP contribution in [0.15, 0.2) is 12.1 Å². The van der Waals surface area contributed by atoms with Crippen molar-refractivity contribution in [1.82, 2.24) is 5.32 Å². The van der Waals surface area contributed by atoms with E-state index in [0.29, 0.717) is 15.8 Å². The minimum absolute atomic E-state index is 0.185. The summed E-state index contributed by atoms with van der Waals surface area (Å²) in [7, 11) is 1.92. The van der Waals surface area contributed by atoms with E-state index < -0.39 is 0 Å². The van der Waals surface area contributed by atoms with Crippen LogP contribution in [0.1, 0.15) is 31.9 Å². The van der Waals surface area contributed by atoms with Crippen LogP contribution in [-0.4, -0.2) is 12.6 Å². The number of fused-ring (bicyclic) bond motifs is 1. The Morgan fingerprint density at radius 2 is 1.94 bits per heavy atom. The van der Waals surface area contributed by atoms with Gasteiger partial charge in [-0.25, -0.2) is 0 Å². The van der Waals surface area contributed by atoms with Crippen LogP contribution in [0, 0.1) is 0 Å². The van der Waals surface area contributed by atoms with Gasteiger partial charge < -0.3 is 10.1 Å². The lowest BCUT2D eigenvalue weighted by Crippen LogP contribution is -2.38. The van der Waals surface area contributed by atoms with Crippen LogP contribution in [0.2, 0.25) is 10.0 Å². The smallest absolute Gasteiger partial charge is 0.144 e. The van der Waals surface area contributed by atoms with E-state index in [0.717, 1.165) is 12.0 Å². The monoisotopic (exact) mass is 259 g/mol. The van der Waals surface area contributed by atoms with Crippen molar-refractivity contribution in [3.63, 3.8) is 0 Å². The molecule has 0 bridgehead atoms. The summed E-state index contributed by atoms with van der Waals surface area (Å²) >= 11 is 12.4. The van der Waals surface area contributed by atoms with Gasteiger partial charge in [0.05, 0.1) is 5.02 Å². The summed E-state index contributed by atoms with van der Waals surface area (Å²) in [5.41, 5.74) is 0.741. The Morgan fingerprint density at radius 1 is 1.31 bits per heavy atom. The van der Waals surface area contributed by atoms with Gasteiger partial charge in [-0.05, 0) is 33.0 Å². The first-order valence-electron chi connectivity index (χ1n) is 5.29. The molecule has 2 nitrogen and oxygen atoms in total. The molecule has 4 heteroatoms. The number of benzene rings is 1. The summed E-state index contributed by atoms with van der Waals surface area (Å²) in [4.78, 5) is 0. The van der Waals surface area contributed by atoms with E-state index in [-0.39, 0.29) is 11.6 Å². The Balaban J connectivity index is 2.58. The molecule has 0 saturated heterocycles. The van der Waals surface area contributed by atoms with E-state index in [1.165, 1.54) is 0 Å². The summed E-state index contributed by atoms with van der Waals surface area (Å²) < 4.78 is 5.91. The Bertz CT molecular complexity index is 418. The maximum atomic E-state index is 6.20. The van der Waals surface area contributed by atoms with Gasteiger partial charge in [0.25, 0.3) is 0 Å². The molecule has 1 N–H and O–H groups in total. The van der Waals surface area contributed by atoms with Crippen molar-refractivity contribution >= 4 is 23.2 Å². The molecule has 1 unspecified atom stereocenters. The van der Waals surface area contributed by atoms with E-state index in [1.807, 2.05) is 13.1 Å². The molecule has 88 valence electrons. The molecule has 0 aromatic heterocycles. The van der Waals surface area contributed by atoms with E-state index in [1.54, 1.807) is 6.07 Å². The van der Waals surface area contributed by atoms with Crippen molar-refractivity contribution in [2.45, 2.75) is 31.9 Å². The molecule has 0 radical (unpaired) electrons. The summed E-state index contributed by atoms with van der Waals surface area (Å²) in [6, 6.07) is 3.77. The van der Waals surface area contributed by atoms with Gasteiger partial charge >= 0.3 is 0 Å². The number of ether oxygens (including phenoxy) is 1. The van der Waals surface area contributed by atoms with E-state index >= 15 is 0 Å². The first-order valence-corrected chi connectivity index (χ1v) is 6.04. The summed E-state index contributed by atoms with van der Waals surface area (Å²) in [6.45, 7) is 4.11. The average Bonchev–Trinajstić information content (AvgIpc) is 2.21. The molecule has 1 aromatic carbocycles. The van der Waals surface area contributed by atoms with E-state index in [4.69, 9.17) is 27.9 Å². The molecule has 0 saturated carbocycles. The van der Waals surface area contributed by atoms with Crippen molar-refractivity contribution < 1.29 is 4.74 Å². The zero-order chi connectivity index (χ0) is 11.9. The third-order valence-corrected chi connectivity index (χ3v) is 3.49. The minimum Gasteiger partial charge on any atom is -0.486 e. The van der Waals surface area contributed by atoms with Gasteiger partial charge in [-0.3, -0.25) is 0 Å². The quantitative estimate of drug-likeness (QED) is 0.828. The van der Waals surface area contributed by atoms with Crippen LogP contribution in [0.25, 0.3) is 0 Å². The topological polar surface area (TPSA) is 21.3 Å². The Hall–Kier alpha value is -0.440. The largest absolute Gasteiger partial charge is 0.486 e. The molecular formula is C12H15Cl2NO. The predicted molar refractivity (Wildman–Crippen MR) is 67.6 cm³/mol. The van der Waals surface area contributed by atoms with Crippen molar-refractivity contribution in [2.24, 2.45) is 0 Å². The standard InChI is InChI=1S/C12H15Cl2NO/c1-12(2)6-9(15-3)10-7(13)4-5-8(14)11(10)16-12/h4-5,9,15H,6H2,1-3H3.